The average molecular weight is 350 g/mol. The molecule has 0 N–H and O–H groups in total. The molecular formula is C21H33O2S-. The molecule has 0 spiro atoms. The minimum Gasteiger partial charge on any atom is -0.549 e. The van der Waals surface area contributed by atoms with Crippen molar-refractivity contribution in [3.8, 4) is 0 Å². The van der Waals surface area contributed by atoms with Gasteiger partial charge in [-0.05, 0) is 24.5 Å². The van der Waals surface area contributed by atoms with Gasteiger partial charge in [0.15, 0.2) is 0 Å². The summed E-state index contributed by atoms with van der Waals surface area (Å²) in [7, 11) is 0. The molecule has 136 valence electrons. The summed E-state index contributed by atoms with van der Waals surface area (Å²) in [4.78, 5) is 12.6. The van der Waals surface area contributed by atoms with Crippen LogP contribution in [0, 0.1) is 5.92 Å². The summed E-state index contributed by atoms with van der Waals surface area (Å²) >= 11 is 1.44. The number of aliphatic carboxylic acids is 1. The molecule has 0 radical (unpaired) electrons. The van der Waals surface area contributed by atoms with Crippen LogP contribution in [-0.2, 0) is 4.79 Å². The molecule has 0 aliphatic carbocycles. The molecule has 1 aromatic carbocycles. The van der Waals surface area contributed by atoms with E-state index in [9.17, 15) is 9.90 Å². The number of unbranched alkanes of at least 4 members (excludes halogenated alkanes) is 7. The molecule has 1 rings (SSSR count). The van der Waals surface area contributed by atoms with E-state index in [1.807, 2.05) is 30.3 Å². The summed E-state index contributed by atoms with van der Waals surface area (Å²) in [6.45, 7) is 4.34. The maximum Gasteiger partial charge on any atom is 0.0551 e. The van der Waals surface area contributed by atoms with Crippen LogP contribution in [0.4, 0.5) is 0 Å². The fourth-order valence-electron chi connectivity index (χ4n) is 3.09. The zero-order chi connectivity index (χ0) is 17.6. The van der Waals surface area contributed by atoms with Gasteiger partial charge >= 0.3 is 0 Å². The molecule has 1 aromatic rings. The number of rotatable bonds is 14. The van der Waals surface area contributed by atoms with Crippen LogP contribution in [0.5, 0.6) is 0 Å². The second kappa shape index (κ2) is 13.3. The Morgan fingerprint density at radius 2 is 1.54 bits per heavy atom. The van der Waals surface area contributed by atoms with Gasteiger partial charge in [0.2, 0.25) is 0 Å². The second-order valence-corrected chi connectivity index (χ2v) is 7.82. The number of hydrogen-bond acceptors (Lipinski definition) is 3. The van der Waals surface area contributed by atoms with Crippen molar-refractivity contribution >= 4 is 17.7 Å². The monoisotopic (exact) mass is 349 g/mol. The molecule has 0 aliphatic heterocycles. The first-order valence-electron chi connectivity index (χ1n) is 9.61. The molecule has 0 fully saturated rings. The molecule has 2 nitrogen and oxygen atoms in total. The maximum atomic E-state index is 11.6. The van der Waals surface area contributed by atoms with Gasteiger partial charge < -0.3 is 9.90 Å². The number of carboxylic acids is 1. The quantitative estimate of drug-likeness (QED) is 0.331. The molecule has 0 heterocycles. The fraction of sp³-hybridized carbons (Fsp3) is 0.667. The van der Waals surface area contributed by atoms with Gasteiger partial charge in [-0.25, -0.2) is 0 Å². The van der Waals surface area contributed by atoms with Gasteiger partial charge in [-0.2, -0.15) is 0 Å². The predicted octanol–water partition coefficient (Wildman–Crippen LogP) is 5.45. The Hall–Kier alpha value is -0.960. The van der Waals surface area contributed by atoms with Gasteiger partial charge in [0.05, 0.1) is 11.2 Å². The van der Waals surface area contributed by atoms with Crippen molar-refractivity contribution in [2.45, 2.75) is 88.2 Å². The molecule has 0 aromatic heterocycles. The highest BCUT2D eigenvalue weighted by Gasteiger charge is 2.22. The van der Waals surface area contributed by atoms with Gasteiger partial charge in [-0.1, -0.05) is 89.8 Å². The highest BCUT2D eigenvalue weighted by molar-refractivity contribution is 8.00. The lowest BCUT2D eigenvalue weighted by atomic mass is 9.94. The number of carbonyl (C=O) groups is 1. The van der Waals surface area contributed by atoms with Crippen molar-refractivity contribution in [1.29, 1.82) is 0 Å². The standard InChI is InChI=1S/C21H34O2S/c1-3-5-6-7-8-9-10-12-15-18(4-2)20(21(22)23)24-19-16-13-11-14-17-19/h11,13-14,16-18,20H,3-10,12,15H2,1-2H3,(H,22,23)/p-1. The van der Waals surface area contributed by atoms with Crippen molar-refractivity contribution in [2.24, 2.45) is 5.92 Å². The van der Waals surface area contributed by atoms with Crippen LogP contribution in [0.1, 0.15) is 78.1 Å². The molecule has 2 unspecified atom stereocenters. The third kappa shape index (κ3) is 8.77. The van der Waals surface area contributed by atoms with Crippen LogP contribution >= 0.6 is 11.8 Å². The van der Waals surface area contributed by atoms with E-state index in [-0.39, 0.29) is 5.92 Å². The molecule has 0 aliphatic rings. The normalized spacial score (nSPS) is 13.6. The molecule has 0 bridgehead atoms. The SMILES string of the molecule is CCCCCCCCCCC(CC)C(Sc1ccccc1)C(=O)[O-]. The summed E-state index contributed by atoms with van der Waals surface area (Å²) in [5.41, 5.74) is 0. The Bertz CT molecular complexity index is 433. The minimum atomic E-state index is -0.921. The van der Waals surface area contributed by atoms with Gasteiger partial charge in [-0.3, -0.25) is 0 Å². The lowest BCUT2D eigenvalue weighted by molar-refractivity contribution is -0.305. The van der Waals surface area contributed by atoms with Crippen molar-refractivity contribution < 1.29 is 9.90 Å². The van der Waals surface area contributed by atoms with Crippen LogP contribution in [-0.4, -0.2) is 11.2 Å². The molecular weight excluding hydrogens is 316 g/mol. The maximum absolute atomic E-state index is 11.6. The lowest BCUT2D eigenvalue weighted by Gasteiger charge is -2.26. The fourth-order valence-corrected chi connectivity index (χ4v) is 4.32. The summed E-state index contributed by atoms with van der Waals surface area (Å²) in [5, 5.41) is 11.2. The van der Waals surface area contributed by atoms with Crippen LogP contribution < -0.4 is 5.11 Å². The highest BCUT2D eigenvalue weighted by atomic mass is 32.2. The number of benzene rings is 1. The third-order valence-corrected chi connectivity index (χ3v) is 6.00. The largest absolute Gasteiger partial charge is 0.549 e. The molecule has 0 saturated heterocycles. The topological polar surface area (TPSA) is 40.1 Å². The van der Waals surface area contributed by atoms with E-state index in [4.69, 9.17) is 0 Å². The van der Waals surface area contributed by atoms with Gasteiger partial charge in [0.1, 0.15) is 0 Å². The first kappa shape index (κ1) is 21.1. The minimum absolute atomic E-state index is 0.195. The van der Waals surface area contributed by atoms with E-state index in [0.717, 1.165) is 24.2 Å². The Balaban J connectivity index is 2.34. The molecule has 0 amide bonds. The summed E-state index contributed by atoms with van der Waals surface area (Å²) < 4.78 is 0. The Kier molecular flexibility index (Phi) is 11.7. The van der Waals surface area contributed by atoms with Crippen LogP contribution in [0.2, 0.25) is 0 Å². The Morgan fingerprint density at radius 1 is 0.958 bits per heavy atom. The summed E-state index contributed by atoms with van der Waals surface area (Å²) in [5.74, 6) is -0.726. The van der Waals surface area contributed by atoms with E-state index in [0.29, 0.717) is 0 Å². The van der Waals surface area contributed by atoms with E-state index in [1.54, 1.807) is 0 Å². The van der Waals surface area contributed by atoms with Crippen LogP contribution in [0.25, 0.3) is 0 Å². The van der Waals surface area contributed by atoms with E-state index in [1.165, 1.54) is 56.7 Å². The smallest absolute Gasteiger partial charge is 0.0551 e. The Morgan fingerprint density at radius 3 is 2.08 bits per heavy atom. The molecule has 3 heteroatoms. The van der Waals surface area contributed by atoms with Crippen molar-refractivity contribution in [3.05, 3.63) is 30.3 Å². The zero-order valence-corrected chi connectivity index (χ0v) is 16.2. The first-order chi connectivity index (χ1) is 11.7. The van der Waals surface area contributed by atoms with E-state index >= 15 is 0 Å². The lowest BCUT2D eigenvalue weighted by Crippen LogP contribution is -2.38. The number of carbonyl (C=O) groups excluding carboxylic acids is 1. The first-order valence-corrected chi connectivity index (χ1v) is 10.5. The van der Waals surface area contributed by atoms with E-state index < -0.39 is 11.2 Å². The second-order valence-electron chi connectivity index (χ2n) is 6.60. The Labute approximate surface area is 152 Å². The van der Waals surface area contributed by atoms with Gasteiger partial charge in [-0.15, -0.1) is 11.8 Å². The number of thioether (sulfide) groups is 1. The van der Waals surface area contributed by atoms with Gasteiger partial charge in [0.25, 0.3) is 0 Å². The summed E-state index contributed by atoms with van der Waals surface area (Å²) in [6.07, 6.45) is 12.2. The van der Waals surface area contributed by atoms with Gasteiger partial charge in [0, 0.05) is 4.90 Å². The zero-order valence-electron chi connectivity index (χ0n) is 15.3. The summed E-state index contributed by atoms with van der Waals surface area (Å²) in [6, 6.07) is 9.81. The van der Waals surface area contributed by atoms with Crippen molar-refractivity contribution in [2.75, 3.05) is 0 Å². The third-order valence-electron chi connectivity index (χ3n) is 4.62. The van der Waals surface area contributed by atoms with Crippen LogP contribution in [0.15, 0.2) is 35.2 Å². The molecule has 24 heavy (non-hydrogen) atoms. The average Bonchev–Trinajstić information content (AvgIpc) is 2.60. The van der Waals surface area contributed by atoms with Crippen molar-refractivity contribution in [3.63, 3.8) is 0 Å². The predicted molar refractivity (Wildman–Crippen MR) is 102 cm³/mol. The molecule has 0 saturated carbocycles. The van der Waals surface area contributed by atoms with Crippen LogP contribution in [0.3, 0.4) is 0 Å². The number of hydrogen-bond donors (Lipinski definition) is 0. The highest BCUT2D eigenvalue weighted by Crippen LogP contribution is 2.32. The van der Waals surface area contributed by atoms with E-state index in [2.05, 4.69) is 13.8 Å². The molecule has 2 atom stereocenters. The number of carboxylic acid groups (broad SMARTS) is 1. The van der Waals surface area contributed by atoms with Crippen molar-refractivity contribution in [1.82, 2.24) is 0 Å².